The number of carbonyl (C=O) groups excluding carboxylic acids is 2. The summed E-state index contributed by atoms with van der Waals surface area (Å²) in [5, 5.41) is 8.59. The van der Waals surface area contributed by atoms with Crippen molar-refractivity contribution in [2.45, 2.75) is 40.0 Å². The molecule has 0 aliphatic heterocycles. The van der Waals surface area contributed by atoms with Gasteiger partial charge in [0.25, 0.3) is 0 Å². The average molecular weight is 305 g/mol. The predicted octanol–water partition coefficient (Wildman–Crippen LogP) is 3.01. The van der Waals surface area contributed by atoms with Crippen molar-refractivity contribution in [2.24, 2.45) is 0 Å². The van der Waals surface area contributed by atoms with Crippen molar-refractivity contribution in [3.63, 3.8) is 0 Å². The molecule has 1 rings (SSSR count). The number of hydrogen-bond donors (Lipinski definition) is 0. The Morgan fingerprint density at radius 3 is 1.95 bits per heavy atom. The monoisotopic (exact) mass is 305 g/mol. The number of nitriles is 1. The zero-order chi connectivity index (χ0) is 16.8. The van der Waals surface area contributed by atoms with E-state index in [9.17, 15) is 9.59 Å². The minimum absolute atomic E-state index is 0.123. The molecule has 0 saturated heterocycles. The van der Waals surface area contributed by atoms with Gasteiger partial charge in [0.2, 0.25) is 0 Å². The maximum Gasteiger partial charge on any atom is 0.305 e. The van der Waals surface area contributed by atoms with E-state index in [4.69, 9.17) is 10.00 Å². The zero-order valence-corrected chi connectivity index (χ0v) is 13.4. The summed E-state index contributed by atoms with van der Waals surface area (Å²) in [5.74, 6) is -0.300. The van der Waals surface area contributed by atoms with Crippen LogP contribution in [-0.2, 0) is 25.5 Å². The van der Waals surface area contributed by atoms with Gasteiger partial charge in [-0.15, -0.1) is 0 Å². The van der Waals surface area contributed by atoms with Gasteiger partial charge in [-0.05, 0) is 24.6 Å². The highest BCUT2D eigenvalue weighted by molar-refractivity contribution is 5.69. The molecule has 0 radical (unpaired) electrons. The molecule has 5 heteroatoms. The van der Waals surface area contributed by atoms with Crippen molar-refractivity contribution in [3.05, 3.63) is 35.4 Å². The highest BCUT2D eigenvalue weighted by Crippen LogP contribution is 2.04. The molecule has 0 atom stereocenters. The van der Waals surface area contributed by atoms with E-state index in [1.54, 1.807) is 32.9 Å². The molecular formula is C17H23NO4. The van der Waals surface area contributed by atoms with Crippen molar-refractivity contribution >= 4 is 11.9 Å². The number of ether oxygens (including phenoxy) is 2. The molecule has 0 aliphatic rings. The van der Waals surface area contributed by atoms with E-state index >= 15 is 0 Å². The molecule has 1 aromatic carbocycles. The molecule has 0 bridgehead atoms. The van der Waals surface area contributed by atoms with Gasteiger partial charge in [0, 0.05) is 19.3 Å². The molecule has 1 aromatic rings. The minimum atomic E-state index is -0.177. The van der Waals surface area contributed by atoms with Crippen LogP contribution < -0.4 is 0 Å². The lowest BCUT2D eigenvalue weighted by atomic mass is 10.1. The lowest BCUT2D eigenvalue weighted by Crippen LogP contribution is -2.05. The Bertz CT molecular complexity index is 488. The smallest absolute Gasteiger partial charge is 0.305 e. The van der Waals surface area contributed by atoms with E-state index < -0.39 is 0 Å². The Hall–Kier alpha value is -2.35. The van der Waals surface area contributed by atoms with Crippen molar-refractivity contribution in [1.29, 1.82) is 5.26 Å². The summed E-state index contributed by atoms with van der Waals surface area (Å²) >= 11 is 0. The molecule has 0 amide bonds. The predicted molar refractivity (Wildman–Crippen MR) is 83.0 cm³/mol. The molecule has 0 N–H and O–H groups in total. The first-order chi connectivity index (χ1) is 10.6. The summed E-state index contributed by atoms with van der Waals surface area (Å²) < 4.78 is 9.50. The first kappa shape index (κ1) is 19.7. The normalized spacial score (nSPS) is 9.00. The lowest BCUT2D eigenvalue weighted by Gasteiger charge is -2.03. The number of benzene rings is 1. The summed E-state index contributed by atoms with van der Waals surface area (Å²) in [5.41, 5.74) is 1.71. The molecule has 0 spiro atoms. The topological polar surface area (TPSA) is 76.4 Å². The van der Waals surface area contributed by atoms with E-state index in [-0.39, 0.29) is 11.9 Å². The Labute approximate surface area is 131 Å². The third kappa shape index (κ3) is 9.54. The number of rotatable bonds is 6. The van der Waals surface area contributed by atoms with E-state index in [0.29, 0.717) is 38.0 Å². The Morgan fingerprint density at radius 2 is 1.55 bits per heavy atom. The number of carbonyl (C=O) groups is 2. The summed E-state index contributed by atoms with van der Waals surface area (Å²) in [4.78, 5) is 21.0. The van der Waals surface area contributed by atoms with Crippen LogP contribution in [-0.4, -0.2) is 25.2 Å². The van der Waals surface area contributed by atoms with E-state index in [2.05, 4.69) is 10.8 Å². The van der Waals surface area contributed by atoms with Crippen LogP contribution in [0.2, 0.25) is 0 Å². The second-order valence-corrected chi connectivity index (χ2v) is 4.29. The fourth-order valence-electron chi connectivity index (χ4n) is 1.39. The standard InChI is InChI=1S/C12H13NO2.C5H10O2/c1-2-12(14)15-8-7-10-3-5-11(9-13)6-4-10;1-3-5(6)7-4-2/h3-6H,2,7-8H2,1H3;3-4H2,1-2H3. The first-order valence-electron chi connectivity index (χ1n) is 7.37. The van der Waals surface area contributed by atoms with Crippen LogP contribution >= 0.6 is 0 Å². The fourth-order valence-corrected chi connectivity index (χ4v) is 1.39. The SMILES string of the molecule is CCC(=O)OCCc1ccc(C#N)cc1.CCOC(=O)CC. The molecule has 22 heavy (non-hydrogen) atoms. The van der Waals surface area contributed by atoms with Crippen molar-refractivity contribution in [2.75, 3.05) is 13.2 Å². The van der Waals surface area contributed by atoms with Gasteiger partial charge in [0.05, 0.1) is 24.8 Å². The van der Waals surface area contributed by atoms with Gasteiger partial charge in [0.15, 0.2) is 0 Å². The highest BCUT2D eigenvalue weighted by atomic mass is 16.5. The van der Waals surface area contributed by atoms with Gasteiger partial charge in [-0.25, -0.2) is 0 Å². The molecule has 5 nitrogen and oxygen atoms in total. The third-order valence-corrected chi connectivity index (χ3v) is 2.62. The van der Waals surface area contributed by atoms with Crippen molar-refractivity contribution in [1.82, 2.24) is 0 Å². The van der Waals surface area contributed by atoms with E-state index in [1.165, 1.54) is 0 Å². The maximum atomic E-state index is 10.8. The van der Waals surface area contributed by atoms with E-state index in [1.807, 2.05) is 12.1 Å². The summed E-state index contributed by atoms with van der Waals surface area (Å²) in [6, 6.07) is 9.32. The van der Waals surface area contributed by atoms with Crippen LogP contribution in [0.5, 0.6) is 0 Å². The Morgan fingerprint density at radius 1 is 1.00 bits per heavy atom. The fraction of sp³-hybridized carbons (Fsp3) is 0.471. The quantitative estimate of drug-likeness (QED) is 0.755. The van der Waals surface area contributed by atoms with Crippen LogP contribution in [0.15, 0.2) is 24.3 Å². The van der Waals surface area contributed by atoms with Crippen LogP contribution in [0.3, 0.4) is 0 Å². The minimum Gasteiger partial charge on any atom is -0.466 e. The molecule has 120 valence electrons. The average Bonchev–Trinajstić information content (AvgIpc) is 2.56. The molecule has 0 fully saturated rings. The van der Waals surface area contributed by atoms with Gasteiger partial charge in [0.1, 0.15) is 0 Å². The van der Waals surface area contributed by atoms with Gasteiger partial charge in [-0.2, -0.15) is 5.26 Å². The molecular weight excluding hydrogens is 282 g/mol. The number of hydrogen-bond acceptors (Lipinski definition) is 5. The van der Waals surface area contributed by atoms with Gasteiger partial charge < -0.3 is 9.47 Å². The summed E-state index contributed by atoms with van der Waals surface area (Å²) in [6.07, 6.45) is 1.58. The zero-order valence-electron chi connectivity index (χ0n) is 13.4. The second kappa shape index (κ2) is 12.4. The highest BCUT2D eigenvalue weighted by Gasteiger charge is 1.99. The van der Waals surface area contributed by atoms with E-state index in [0.717, 1.165) is 5.56 Å². The molecule has 0 aromatic heterocycles. The number of nitrogens with zero attached hydrogens (tertiary/aromatic N) is 1. The lowest BCUT2D eigenvalue weighted by molar-refractivity contribution is -0.143. The maximum absolute atomic E-state index is 10.8. The molecule has 0 unspecified atom stereocenters. The Balaban J connectivity index is 0.000000534. The van der Waals surface area contributed by atoms with Gasteiger partial charge in [-0.3, -0.25) is 9.59 Å². The molecule has 0 aliphatic carbocycles. The Kier molecular flexibility index (Phi) is 11.1. The first-order valence-corrected chi connectivity index (χ1v) is 7.37. The molecule has 0 saturated carbocycles. The van der Waals surface area contributed by atoms with Gasteiger partial charge >= 0.3 is 11.9 Å². The summed E-state index contributed by atoms with van der Waals surface area (Å²) in [6.45, 7) is 6.24. The van der Waals surface area contributed by atoms with Gasteiger partial charge in [-0.1, -0.05) is 26.0 Å². The third-order valence-electron chi connectivity index (χ3n) is 2.62. The van der Waals surface area contributed by atoms with Crippen molar-refractivity contribution in [3.8, 4) is 6.07 Å². The van der Waals surface area contributed by atoms with Crippen LogP contribution in [0.25, 0.3) is 0 Å². The largest absolute Gasteiger partial charge is 0.466 e. The van der Waals surface area contributed by atoms with Crippen LogP contribution in [0, 0.1) is 11.3 Å². The van der Waals surface area contributed by atoms with Crippen molar-refractivity contribution < 1.29 is 19.1 Å². The van der Waals surface area contributed by atoms with Crippen LogP contribution in [0.1, 0.15) is 44.7 Å². The van der Waals surface area contributed by atoms with Crippen LogP contribution in [0.4, 0.5) is 0 Å². The number of esters is 2. The molecule has 0 heterocycles. The second-order valence-electron chi connectivity index (χ2n) is 4.29. The summed E-state index contributed by atoms with van der Waals surface area (Å²) in [7, 11) is 0.